The van der Waals surface area contributed by atoms with Gasteiger partial charge in [0, 0.05) is 12.6 Å². The zero-order valence-corrected chi connectivity index (χ0v) is 12.8. The van der Waals surface area contributed by atoms with Crippen molar-refractivity contribution in [1.29, 1.82) is 0 Å². The van der Waals surface area contributed by atoms with Gasteiger partial charge in [0.05, 0.1) is 6.54 Å². The molecule has 2 amide bonds. The van der Waals surface area contributed by atoms with Gasteiger partial charge in [-0.2, -0.15) is 0 Å². The van der Waals surface area contributed by atoms with Gasteiger partial charge in [-0.15, -0.1) is 11.6 Å². The molecule has 2 rings (SSSR count). The molecule has 22 heavy (non-hydrogen) atoms. The van der Waals surface area contributed by atoms with E-state index >= 15 is 0 Å². The number of halogens is 1. The molecular weight excluding hydrogens is 306 g/mol. The maximum Gasteiger partial charge on any atom is 0.245 e. The van der Waals surface area contributed by atoms with Crippen LogP contribution in [0.4, 0.5) is 5.82 Å². The molecule has 0 aliphatic rings. The lowest BCUT2D eigenvalue weighted by Gasteiger charge is -2.22. The Morgan fingerprint density at radius 3 is 2.64 bits per heavy atom. The van der Waals surface area contributed by atoms with Crippen molar-refractivity contribution in [1.82, 2.24) is 10.1 Å². The minimum absolute atomic E-state index is 0.0990. The summed E-state index contributed by atoms with van der Waals surface area (Å²) in [5.74, 6) is -0.370. The fourth-order valence-corrected chi connectivity index (χ4v) is 2.19. The van der Waals surface area contributed by atoms with Crippen molar-refractivity contribution in [3.63, 3.8) is 0 Å². The molecule has 0 saturated carbocycles. The van der Waals surface area contributed by atoms with Gasteiger partial charge in [-0.3, -0.25) is 9.59 Å². The third-order valence-electron chi connectivity index (χ3n) is 3.04. The first kappa shape index (κ1) is 16.0. The zero-order valence-electron chi connectivity index (χ0n) is 12.0. The van der Waals surface area contributed by atoms with Gasteiger partial charge in [-0.1, -0.05) is 35.5 Å². The summed E-state index contributed by atoms with van der Waals surface area (Å²) in [5.41, 5.74) is 0.699. The van der Waals surface area contributed by atoms with E-state index in [0.29, 0.717) is 17.9 Å². The fourth-order valence-electron chi connectivity index (χ4n) is 1.90. The van der Waals surface area contributed by atoms with Crippen LogP contribution in [-0.4, -0.2) is 35.0 Å². The molecule has 0 spiro atoms. The molecule has 1 aromatic carbocycles. The molecule has 1 heterocycles. The molecule has 6 nitrogen and oxygen atoms in total. The Bertz CT molecular complexity index is 616. The number of hydrogen-bond acceptors (Lipinski definition) is 4. The Hall–Kier alpha value is -2.34. The monoisotopic (exact) mass is 321 g/mol. The topological polar surface area (TPSA) is 75.4 Å². The molecule has 1 aromatic heterocycles. The van der Waals surface area contributed by atoms with Gasteiger partial charge in [0.15, 0.2) is 5.82 Å². The van der Waals surface area contributed by atoms with E-state index < -0.39 is 5.38 Å². The van der Waals surface area contributed by atoms with E-state index in [1.54, 1.807) is 19.1 Å². The van der Waals surface area contributed by atoms with Crippen LogP contribution in [0.25, 0.3) is 0 Å². The molecule has 0 saturated heterocycles. The summed E-state index contributed by atoms with van der Waals surface area (Å²) in [5, 5.41) is 5.30. The van der Waals surface area contributed by atoms with E-state index in [-0.39, 0.29) is 18.4 Å². The molecule has 0 aliphatic heterocycles. The SMILES string of the molecule is CCN(CC(=O)Nc1ccon1)C(=O)C(Cl)c1ccccc1. The van der Waals surface area contributed by atoms with E-state index in [0.717, 1.165) is 0 Å². The van der Waals surface area contributed by atoms with Gasteiger partial charge in [0.25, 0.3) is 0 Å². The van der Waals surface area contributed by atoms with E-state index in [4.69, 9.17) is 11.6 Å². The largest absolute Gasteiger partial charge is 0.363 e. The number of carbonyl (C=O) groups is 2. The van der Waals surface area contributed by atoms with Crippen LogP contribution in [0.5, 0.6) is 0 Å². The number of carbonyl (C=O) groups excluding carboxylic acids is 2. The second-order valence-electron chi connectivity index (χ2n) is 4.56. The van der Waals surface area contributed by atoms with Crippen molar-refractivity contribution in [2.24, 2.45) is 0 Å². The van der Waals surface area contributed by atoms with Crippen molar-refractivity contribution in [3.8, 4) is 0 Å². The number of hydrogen-bond donors (Lipinski definition) is 1. The van der Waals surface area contributed by atoms with Gasteiger partial charge in [-0.25, -0.2) is 0 Å². The third-order valence-corrected chi connectivity index (χ3v) is 3.48. The summed E-state index contributed by atoms with van der Waals surface area (Å²) in [6.07, 6.45) is 1.35. The van der Waals surface area contributed by atoms with Gasteiger partial charge in [0.2, 0.25) is 11.8 Å². The van der Waals surface area contributed by atoms with Gasteiger partial charge < -0.3 is 14.7 Å². The highest BCUT2D eigenvalue weighted by Crippen LogP contribution is 2.22. The number of nitrogens with one attached hydrogen (secondary N) is 1. The molecular formula is C15H16ClN3O3. The number of amides is 2. The Morgan fingerprint density at radius 1 is 1.32 bits per heavy atom. The zero-order chi connectivity index (χ0) is 15.9. The molecule has 0 radical (unpaired) electrons. The first-order chi connectivity index (χ1) is 10.6. The number of benzene rings is 1. The fraction of sp³-hybridized carbons (Fsp3) is 0.267. The van der Waals surface area contributed by atoms with Crippen LogP contribution in [-0.2, 0) is 9.59 Å². The Labute approximate surface area is 133 Å². The number of likely N-dealkylation sites (N-methyl/N-ethyl adjacent to an activating group) is 1. The number of alkyl halides is 1. The van der Waals surface area contributed by atoms with Gasteiger partial charge >= 0.3 is 0 Å². The maximum atomic E-state index is 12.4. The number of anilines is 1. The van der Waals surface area contributed by atoms with E-state index in [9.17, 15) is 9.59 Å². The lowest BCUT2D eigenvalue weighted by atomic mass is 10.1. The summed E-state index contributed by atoms with van der Waals surface area (Å²) in [6.45, 7) is 2.06. The van der Waals surface area contributed by atoms with Crippen LogP contribution in [0.2, 0.25) is 0 Å². The molecule has 0 fully saturated rings. The lowest BCUT2D eigenvalue weighted by Crippen LogP contribution is -2.39. The molecule has 2 aromatic rings. The standard InChI is InChI=1S/C15H16ClN3O3/c1-2-19(10-13(20)17-12-8-9-22-18-12)15(21)14(16)11-6-4-3-5-7-11/h3-9,14H,2,10H2,1H3,(H,17,18,20). The molecule has 1 unspecified atom stereocenters. The van der Waals surface area contributed by atoms with Crippen LogP contribution in [0.1, 0.15) is 17.9 Å². The first-order valence-electron chi connectivity index (χ1n) is 6.80. The van der Waals surface area contributed by atoms with E-state index in [1.807, 2.05) is 18.2 Å². The number of rotatable bonds is 6. The Morgan fingerprint density at radius 2 is 2.05 bits per heavy atom. The third kappa shape index (κ3) is 4.08. The normalized spacial score (nSPS) is 11.7. The second-order valence-corrected chi connectivity index (χ2v) is 4.99. The highest BCUT2D eigenvalue weighted by molar-refractivity contribution is 6.30. The summed E-state index contributed by atoms with van der Waals surface area (Å²) in [7, 11) is 0. The molecule has 7 heteroatoms. The van der Waals surface area contributed by atoms with Crippen LogP contribution in [0, 0.1) is 0 Å². The van der Waals surface area contributed by atoms with Crippen molar-refractivity contribution >= 4 is 29.2 Å². The minimum atomic E-state index is -0.819. The second kappa shape index (κ2) is 7.61. The van der Waals surface area contributed by atoms with E-state index in [1.165, 1.54) is 17.2 Å². The Balaban J connectivity index is 1.98. The summed E-state index contributed by atoms with van der Waals surface area (Å²) >= 11 is 6.21. The average Bonchev–Trinajstić information content (AvgIpc) is 3.05. The quantitative estimate of drug-likeness (QED) is 0.829. The lowest BCUT2D eigenvalue weighted by molar-refractivity contribution is -0.134. The predicted molar refractivity (Wildman–Crippen MR) is 82.4 cm³/mol. The van der Waals surface area contributed by atoms with Crippen molar-refractivity contribution < 1.29 is 14.1 Å². The van der Waals surface area contributed by atoms with E-state index in [2.05, 4.69) is 15.0 Å². The molecule has 1 atom stereocenters. The molecule has 1 N–H and O–H groups in total. The smallest absolute Gasteiger partial charge is 0.245 e. The molecule has 0 aliphatic carbocycles. The Kier molecular flexibility index (Phi) is 5.55. The first-order valence-corrected chi connectivity index (χ1v) is 7.23. The maximum absolute atomic E-state index is 12.4. The summed E-state index contributed by atoms with van der Waals surface area (Å²) in [4.78, 5) is 25.7. The minimum Gasteiger partial charge on any atom is -0.363 e. The van der Waals surface area contributed by atoms with Crippen LogP contribution >= 0.6 is 11.6 Å². The molecule has 116 valence electrons. The van der Waals surface area contributed by atoms with Crippen molar-refractivity contribution in [2.75, 3.05) is 18.4 Å². The van der Waals surface area contributed by atoms with Gasteiger partial charge in [-0.05, 0) is 12.5 Å². The number of aromatic nitrogens is 1. The van der Waals surface area contributed by atoms with Crippen molar-refractivity contribution in [2.45, 2.75) is 12.3 Å². The number of nitrogens with zero attached hydrogens (tertiary/aromatic N) is 2. The van der Waals surface area contributed by atoms with Crippen LogP contribution < -0.4 is 5.32 Å². The molecule has 0 bridgehead atoms. The average molecular weight is 322 g/mol. The highest BCUT2D eigenvalue weighted by Gasteiger charge is 2.24. The summed E-state index contributed by atoms with van der Waals surface area (Å²) in [6, 6.07) is 10.5. The van der Waals surface area contributed by atoms with Crippen LogP contribution in [0.15, 0.2) is 47.2 Å². The highest BCUT2D eigenvalue weighted by atomic mass is 35.5. The summed E-state index contributed by atoms with van der Waals surface area (Å²) < 4.78 is 4.62. The van der Waals surface area contributed by atoms with Crippen molar-refractivity contribution in [3.05, 3.63) is 48.2 Å². The predicted octanol–water partition coefficient (Wildman–Crippen LogP) is 2.44. The van der Waals surface area contributed by atoms with Crippen LogP contribution in [0.3, 0.4) is 0 Å². The van der Waals surface area contributed by atoms with Gasteiger partial charge in [0.1, 0.15) is 11.6 Å².